The summed E-state index contributed by atoms with van der Waals surface area (Å²) in [4.78, 5) is 23.6. The third-order valence-electron chi connectivity index (χ3n) is 6.77. The maximum Gasteiger partial charge on any atom is 0.308 e. The lowest BCUT2D eigenvalue weighted by Gasteiger charge is -2.48. The second kappa shape index (κ2) is 5.33. The molecule has 1 aromatic rings. The third kappa shape index (κ3) is 2.19. The Balaban J connectivity index is 1.72. The molecule has 0 heterocycles. The normalized spacial score (nSPS) is 34.2. The molecule has 0 saturated heterocycles. The number of hydrogen-bond donors (Lipinski definition) is 1. The molecule has 0 amide bonds. The average Bonchev–Trinajstić information content (AvgIpc) is 2.82. The summed E-state index contributed by atoms with van der Waals surface area (Å²) in [6.45, 7) is 3.53. The molecule has 3 aliphatic rings. The molecule has 4 nitrogen and oxygen atoms in total. The van der Waals surface area contributed by atoms with Crippen molar-refractivity contribution in [3.05, 3.63) is 23.3 Å². The molecule has 2 fully saturated rings. The number of phenolic OH excluding ortho intramolecular Hbond substituents is 1. The molecule has 0 bridgehead atoms. The summed E-state index contributed by atoms with van der Waals surface area (Å²) >= 11 is 0. The number of carbonyl (C=O) groups is 2. The van der Waals surface area contributed by atoms with E-state index in [9.17, 15) is 14.7 Å². The number of phenols is 1. The zero-order valence-corrected chi connectivity index (χ0v) is 14.3. The van der Waals surface area contributed by atoms with Crippen LogP contribution < -0.4 is 4.74 Å². The van der Waals surface area contributed by atoms with E-state index in [1.54, 1.807) is 6.07 Å². The second-order valence-corrected chi connectivity index (χ2v) is 7.94. The van der Waals surface area contributed by atoms with Gasteiger partial charge in [0, 0.05) is 24.8 Å². The van der Waals surface area contributed by atoms with Gasteiger partial charge in [0.1, 0.15) is 17.3 Å². The minimum absolute atomic E-state index is 0.145. The fourth-order valence-corrected chi connectivity index (χ4v) is 5.64. The molecule has 4 heteroatoms. The van der Waals surface area contributed by atoms with Crippen LogP contribution in [0, 0.1) is 17.3 Å². The Labute approximate surface area is 142 Å². The molecule has 0 aliphatic heterocycles. The van der Waals surface area contributed by atoms with Gasteiger partial charge in [0.25, 0.3) is 0 Å². The lowest BCUT2D eigenvalue weighted by atomic mass is 9.55. The van der Waals surface area contributed by atoms with Gasteiger partial charge in [-0.2, -0.15) is 0 Å². The van der Waals surface area contributed by atoms with Gasteiger partial charge in [-0.05, 0) is 67.1 Å². The summed E-state index contributed by atoms with van der Waals surface area (Å²) in [5.74, 6) is 2.03. The Kier molecular flexibility index (Phi) is 3.48. The van der Waals surface area contributed by atoms with Gasteiger partial charge in [0.05, 0.1) is 0 Å². The fraction of sp³-hybridized carbons (Fsp3) is 0.600. The van der Waals surface area contributed by atoms with Crippen molar-refractivity contribution < 1.29 is 19.4 Å². The van der Waals surface area contributed by atoms with Crippen LogP contribution in [0.1, 0.15) is 63.0 Å². The van der Waals surface area contributed by atoms with Crippen LogP contribution in [-0.4, -0.2) is 16.9 Å². The molecular formula is C20H24O4. The number of hydrogen-bond acceptors (Lipinski definition) is 4. The van der Waals surface area contributed by atoms with E-state index in [4.69, 9.17) is 4.74 Å². The number of ketones is 1. The average molecular weight is 328 g/mol. The first kappa shape index (κ1) is 15.7. The summed E-state index contributed by atoms with van der Waals surface area (Å²) in [6, 6.07) is 3.49. The predicted molar refractivity (Wildman–Crippen MR) is 89.0 cm³/mol. The first-order chi connectivity index (χ1) is 11.4. The Bertz CT molecular complexity index is 723. The van der Waals surface area contributed by atoms with Gasteiger partial charge in [-0.1, -0.05) is 6.92 Å². The Morgan fingerprint density at radius 2 is 2.04 bits per heavy atom. The summed E-state index contributed by atoms with van der Waals surface area (Å²) < 4.78 is 5.21. The fourth-order valence-electron chi connectivity index (χ4n) is 5.64. The number of aromatic hydroxyl groups is 1. The van der Waals surface area contributed by atoms with Crippen LogP contribution in [0.3, 0.4) is 0 Å². The highest BCUT2D eigenvalue weighted by Crippen LogP contribution is 2.60. The maximum atomic E-state index is 12.4. The quantitative estimate of drug-likeness (QED) is 0.630. The van der Waals surface area contributed by atoms with Crippen LogP contribution in [0.4, 0.5) is 0 Å². The molecule has 0 spiro atoms. The van der Waals surface area contributed by atoms with Gasteiger partial charge >= 0.3 is 5.97 Å². The Morgan fingerprint density at radius 1 is 1.25 bits per heavy atom. The predicted octanol–water partition coefficient (Wildman–Crippen LogP) is 3.74. The van der Waals surface area contributed by atoms with Gasteiger partial charge < -0.3 is 9.84 Å². The van der Waals surface area contributed by atoms with E-state index in [1.165, 1.54) is 6.92 Å². The molecule has 1 N–H and O–H groups in total. The lowest BCUT2D eigenvalue weighted by Crippen LogP contribution is -2.42. The molecule has 0 aromatic heterocycles. The molecule has 128 valence electrons. The molecular weight excluding hydrogens is 304 g/mol. The van der Waals surface area contributed by atoms with Gasteiger partial charge in [-0.15, -0.1) is 0 Å². The smallest absolute Gasteiger partial charge is 0.308 e. The summed E-state index contributed by atoms with van der Waals surface area (Å²) in [7, 11) is 0. The lowest BCUT2D eigenvalue weighted by molar-refractivity contribution is -0.132. The third-order valence-corrected chi connectivity index (χ3v) is 6.77. The van der Waals surface area contributed by atoms with Crippen molar-refractivity contribution in [2.45, 2.75) is 58.3 Å². The van der Waals surface area contributed by atoms with Crippen molar-refractivity contribution in [1.29, 1.82) is 0 Å². The Hall–Kier alpha value is -1.84. The minimum Gasteiger partial charge on any atom is -0.508 e. The number of benzene rings is 1. The summed E-state index contributed by atoms with van der Waals surface area (Å²) in [5, 5.41) is 10.4. The van der Waals surface area contributed by atoms with Crippen LogP contribution in [0.15, 0.2) is 12.1 Å². The van der Waals surface area contributed by atoms with Crippen molar-refractivity contribution >= 4 is 11.8 Å². The van der Waals surface area contributed by atoms with Crippen molar-refractivity contribution in [3.63, 3.8) is 0 Å². The molecule has 4 atom stereocenters. The van der Waals surface area contributed by atoms with Gasteiger partial charge in [-0.3, -0.25) is 9.59 Å². The summed E-state index contributed by atoms with van der Waals surface area (Å²) in [6.07, 6.45) is 5.49. The number of Topliss-reactive ketones (excluding diaryl/α,β-unsaturated/α-hetero) is 1. The van der Waals surface area contributed by atoms with Crippen LogP contribution >= 0.6 is 0 Å². The van der Waals surface area contributed by atoms with E-state index in [2.05, 4.69) is 6.92 Å². The van der Waals surface area contributed by atoms with Crippen LogP contribution in [0.25, 0.3) is 0 Å². The van der Waals surface area contributed by atoms with Gasteiger partial charge in [0.15, 0.2) is 0 Å². The van der Waals surface area contributed by atoms with E-state index in [1.807, 2.05) is 6.07 Å². The molecule has 1 aromatic carbocycles. The number of esters is 1. The van der Waals surface area contributed by atoms with E-state index in [0.717, 1.165) is 49.7 Å². The molecule has 3 aliphatic carbocycles. The first-order valence-electron chi connectivity index (χ1n) is 8.97. The van der Waals surface area contributed by atoms with E-state index >= 15 is 0 Å². The van der Waals surface area contributed by atoms with Gasteiger partial charge in [-0.25, -0.2) is 0 Å². The molecule has 24 heavy (non-hydrogen) atoms. The molecule has 4 rings (SSSR count). The van der Waals surface area contributed by atoms with Gasteiger partial charge in [0.2, 0.25) is 0 Å². The van der Waals surface area contributed by atoms with Crippen molar-refractivity contribution in [1.82, 2.24) is 0 Å². The largest absolute Gasteiger partial charge is 0.508 e. The number of ether oxygens (including phenoxy) is 1. The monoisotopic (exact) mass is 328 g/mol. The van der Waals surface area contributed by atoms with E-state index in [0.29, 0.717) is 29.3 Å². The van der Waals surface area contributed by atoms with Crippen LogP contribution in [0.2, 0.25) is 0 Å². The van der Waals surface area contributed by atoms with Crippen molar-refractivity contribution in [2.75, 3.05) is 0 Å². The topological polar surface area (TPSA) is 63.6 Å². The first-order valence-corrected chi connectivity index (χ1v) is 8.97. The van der Waals surface area contributed by atoms with Crippen LogP contribution in [0.5, 0.6) is 11.5 Å². The van der Waals surface area contributed by atoms with E-state index in [-0.39, 0.29) is 17.1 Å². The minimum atomic E-state index is -0.376. The number of carbonyl (C=O) groups excluding carboxylic acids is 2. The van der Waals surface area contributed by atoms with Crippen LogP contribution in [-0.2, 0) is 16.0 Å². The second-order valence-electron chi connectivity index (χ2n) is 7.94. The Morgan fingerprint density at radius 3 is 2.79 bits per heavy atom. The molecule has 0 radical (unpaired) electrons. The highest BCUT2D eigenvalue weighted by atomic mass is 16.5. The molecule has 2 saturated carbocycles. The van der Waals surface area contributed by atoms with E-state index < -0.39 is 0 Å². The standard InChI is InChI=1S/C20H24O4/c1-11(21)24-12-9-16-13-7-8-20(2)17(5-6-19(20)23)14(13)3-4-15(16)18(22)10-12/h9-10,13-14,17,22H,3-8H2,1-2H3/t13-,14+,17-,20-/m0/s1. The number of rotatable bonds is 1. The highest BCUT2D eigenvalue weighted by Gasteiger charge is 2.54. The van der Waals surface area contributed by atoms with Crippen molar-refractivity contribution in [3.8, 4) is 11.5 Å². The number of fused-ring (bicyclic) bond motifs is 5. The zero-order chi connectivity index (χ0) is 17.1. The van der Waals surface area contributed by atoms with Crippen molar-refractivity contribution in [2.24, 2.45) is 17.3 Å². The zero-order valence-electron chi connectivity index (χ0n) is 14.3. The summed E-state index contributed by atoms with van der Waals surface area (Å²) in [5.41, 5.74) is 1.98. The highest BCUT2D eigenvalue weighted by molar-refractivity contribution is 5.87. The molecule has 0 unspecified atom stereocenters. The SMILES string of the molecule is CC(=O)Oc1cc(O)c2c(c1)[C@H]1CC[C@]3(C)C(=O)CC[C@H]3[C@@H]1CC2. The maximum absolute atomic E-state index is 12.4.